The highest BCUT2D eigenvalue weighted by Crippen LogP contribution is 2.37. The van der Waals surface area contributed by atoms with E-state index in [2.05, 4.69) is 5.32 Å². The van der Waals surface area contributed by atoms with Crippen LogP contribution in [0.15, 0.2) is 42.5 Å². The second kappa shape index (κ2) is 6.85. The Morgan fingerprint density at radius 2 is 1.79 bits per heavy atom. The molecule has 2 amide bonds. The minimum atomic E-state index is -4.46. The van der Waals surface area contributed by atoms with E-state index in [9.17, 15) is 22.8 Å². The monoisotopic (exact) mass is 392 g/mol. The number of hydrogen-bond donors (Lipinski definition) is 1. The van der Waals surface area contributed by atoms with Crippen molar-refractivity contribution in [3.63, 3.8) is 0 Å². The molecule has 0 aliphatic carbocycles. The van der Waals surface area contributed by atoms with Crippen LogP contribution in [0, 0.1) is 5.41 Å². The van der Waals surface area contributed by atoms with E-state index >= 15 is 0 Å². The molecule has 1 aliphatic rings. The molecule has 0 radical (unpaired) electrons. The summed E-state index contributed by atoms with van der Waals surface area (Å²) in [6, 6.07) is 8.79. The number of rotatable bonds is 2. The van der Waals surface area contributed by atoms with Gasteiger partial charge in [0.05, 0.1) is 16.7 Å². The van der Waals surface area contributed by atoms with E-state index < -0.39 is 23.1 Å². The molecule has 8 heteroatoms. The smallest absolute Gasteiger partial charge is 0.416 e. The summed E-state index contributed by atoms with van der Waals surface area (Å²) >= 11 is 0. The summed E-state index contributed by atoms with van der Waals surface area (Å²) in [6.45, 7) is 3.75. The van der Waals surface area contributed by atoms with Crippen LogP contribution in [0.4, 0.5) is 24.5 Å². The number of alkyl halides is 3. The van der Waals surface area contributed by atoms with Crippen molar-refractivity contribution in [1.82, 2.24) is 0 Å². The Morgan fingerprint density at radius 3 is 2.39 bits per heavy atom. The first kappa shape index (κ1) is 19.7. The average Bonchev–Trinajstić information content (AvgIpc) is 2.72. The van der Waals surface area contributed by atoms with Crippen LogP contribution >= 0.6 is 0 Å². The first-order valence-corrected chi connectivity index (χ1v) is 8.53. The van der Waals surface area contributed by atoms with Gasteiger partial charge >= 0.3 is 6.18 Å². The van der Waals surface area contributed by atoms with E-state index in [-0.39, 0.29) is 18.1 Å². The van der Waals surface area contributed by atoms with Crippen molar-refractivity contribution < 1.29 is 27.5 Å². The van der Waals surface area contributed by atoms with Crippen LogP contribution in [0.1, 0.15) is 29.8 Å². The van der Waals surface area contributed by atoms with Gasteiger partial charge in [0, 0.05) is 24.4 Å². The molecule has 0 spiro atoms. The van der Waals surface area contributed by atoms with E-state index in [1.807, 2.05) is 0 Å². The number of nitrogens with zero attached hydrogens (tertiary/aromatic N) is 1. The number of carbonyl (C=O) groups is 2. The van der Waals surface area contributed by atoms with Gasteiger partial charge in [0.2, 0.25) is 5.91 Å². The fourth-order valence-electron chi connectivity index (χ4n) is 2.88. The van der Waals surface area contributed by atoms with Crippen molar-refractivity contribution >= 4 is 23.2 Å². The lowest BCUT2D eigenvalue weighted by Gasteiger charge is -2.24. The topological polar surface area (TPSA) is 58.6 Å². The molecule has 3 rings (SSSR count). The summed E-state index contributed by atoms with van der Waals surface area (Å²) in [5.74, 6) is -0.202. The number of nitrogens with one attached hydrogen (secondary N) is 1. The van der Waals surface area contributed by atoms with Crippen molar-refractivity contribution in [2.75, 3.05) is 23.9 Å². The standard InChI is InChI=1S/C20H19F3N2O3/c1-19(2)11-28-16-10-14(8-9-15(16)25(3)18(19)27)24-17(26)12-4-6-13(7-5-12)20(21,22)23/h4-10H,11H2,1-3H3,(H,24,26). The van der Waals surface area contributed by atoms with Gasteiger partial charge in [-0.3, -0.25) is 9.59 Å². The third-order valence-corrected chi connectivity index (χ3v) is 4.53. The lowest BCUT2D eigenvalue weighted by Crippen LogP contribution is -2.39. The highest BCUT2D eigenvalue weighted by molar-refractivity contribution is 6.05. The summed E-state index contributed by atoms with van der Waals surface area (Å²) < 4.78 is 43.6. The number of anilines is 2. The van der Waals surface area contributed by atoms with Crippen molar-refractivity contribution in [1.29, 1.82) is 0 Å². The van der Waals surface area contributed by atoms with Crippen LogP contribution in [0.2, 0.25) is 0 Å². The van der Waals surface area contributed by atoms with Crippen LogP contribution in [0.3, 0.4) is 0 Å². The third kappa shape index (κ3) is 3.81. The number of ether oxygens (including phenoxy) is 1. The van der Waals surface area contributed by atoms with E-state index in [1.165, 1.54) is 4.90 Å². The van der Waals surface area contributed by atoms with Crippen LogP contribution in [0.25, 0.3) is 0 Å². The third-order valence-electron chi connectivity index (χ3n) is 4.53. The molecule has 28 heavy (non-hydrogen) atoms. The van der Waals surface area contributed by atoms with E-state index in [1.54, 1.807) is 39.1 Å². The molecule has 148 valence electrons. The van der Waals surface area contributed by atoms with Gasteiger partial charge in [-0.15, -0.1) is 0 Å². The Kier molecular flexibility index (Phi) is 4.82. The molecule has 0 saturated carbocycles. The maximum absolute atomic E-state index is 12.6. The van der Waals surface area contributed by atoms with Crippen molar-refractivity contribution in [3.05, 3.63) is 53.6 Å². The molecule has 0 fully saturated rings. The van der Waals surface area contributed by atoms with Crippen LogP contribution in [-0.4, -0.2) is 25.5 Å². The molecule has 0 unspecified atom stereocenters. The van der Waals surface area contributed by atoms with Gasteiger partial charge in [0.15, 0.2) is 0 Å². The molecule has 1 aliphatic heterocycles. The number of carbonyl (C=O) groups excluding carboxylic acids is 2. The van der Waals surface area contributed by atoms with E-state index in [4.69, 9.17) is 4.74 Å². The molecule has 2 aromatic carbocycles. The highest BCUT2D eigenvalue weighted by Gasteiger charge is 2.36. The molecule has 0 atom stereocenters. The Labute approximate surface area is 160 Å². The summed E-state index contributed by atoms with van der Waals surface area (Å²) in [7, 11) is 1.65. The van der Waals surface area contributed by atoms with Crippen molar-refractivity contribution in [2.45, 2.75) is 20.0 Å². The molecule has 2 aromatic rings. The lowest BCUT2D eigenvalue weighted by molar-refractivity contribution is -0.137. The number of fused-ring (bicyclic) bond motifs is 1. The molecular formula is C20H19F3N2O3. The Morgan fingerprint density at radius 1 is 1.14 bits per heavy atom. The summed E-state index contributed by atoms with van der Waals surface area (Å²) in [4.78, 5) is 26.3. The largest absolute Gasteiger partial charge is 0.490 e. The maximum atomic E-state index is 12.6. The highest BCUT2D eigenvalue weighted by atomic mass is 19.4. The molecule has 0 aromatic heterocycles. The Bertz CT molecular complexity index is 921. The number of hydrogen-bond acceptors (Lipinski definition) is 3. The summed E-state index contributed by atoms with van der Waals surface area (Å²) in [5.41, 5.74) is -0.445. The second-order valence-electron chi connectivity index (χ2n) is 7.25. The molecule has 0 bridgehead atoms. The predicted molar refractivity (Wildman–Crippen MR) is 98.5 cm³/mol. The number of halogens is 3. The molecular weight excluding hydrogens is 373 g/mol. The summed E-state index contributed by atoms with van der Waals surface area (Å²) in [5, 5.41) is 2.63. The number of benzene rings is 2. The van der Waals surface area contributed by atoms with Crippen LogP contribution < -0.4 is 15.0 Å². The number of amides is 2. The van der Waals surface area contributed by atoms with Crippen molar-refractivity contribution in [3.8, 4) is 5.75 Å². The fraction of sp³-hybridized carbons (Fsp3) is 0.300. The van der Waals surface area contributed by atoms with Crippen LogP contribution in [0.5, 0.6) is 5.75 Å². The molecule has 5 nitrogen and oxygen atoms in total. The Hall–Kier alpha value is -3.03. The van der Waals surface area contributed by atoms with Gasteiger partial charge in [-0.1, -0.05) is 0 Å². The summed E-state index contributed by atoms with van der Waals surface area (Å²) in [6.07, 6.45) is -4.46. The SMILES string of the molecule is CN1C(=O)C(C)(C)COc2cc(NC(=O)c3ccc(C(F)(F)F)cc3)ccc21. The zero-order valence-electron chi connectivity index (χ0n) is 15.6. The Balaban J connectivity index is 1.80. The molecule has 1 heterocycles. The quantitative estimate of drug-likeness (QED) is 0.827. The second-order valence-corrected chi connectivity index (χ2v) is 7.25. The molecule has 0 saturated heterocycles. The fourth-order valence-corrected chi connectivity index (χ4v) is 2.88. The maximum Gasteiger partial charge on any atom is 0.416 e. The minimum absolute atomic E-state index is 0.0900. The zero-order valence-corrected chi connectivity index (χ0v) is 15.6. The normalized spacial score (nSPS) is 16.1. The van der Waals surface area contributed by atoms with Crippen LogP contribution in [-0.2, 0) is 11.0 Å². The first-order chi connectivity index (χ1) is 13.0. The molecule has 1 N–H and O–H groups in total. The van der Waals surface area contributed by atoms with Crippen molar-refractivity contribution in [2.24, 2.45) is 5.41 Å². The van der Waals surface area contributed by atoms with E-state index in [0.29, 0.717) is 17.1 Å². The first-order valence-electron chi connectivity index (χ1n) is 8.53. The van der Waals surface area contributed by atoms with Gasteiger partial charge in [-0.25, -0.2) is 0 Å². The lowest BCUT2D eigenvalue weighted by atomic mass is 9.93. The van der Waals surface area contributed by atoms with E-state index in [0.717, 1.165) is 24.3 Å². The predicted octanol–water partition coefficient (Wildman–Crippen LogP) is 4.34. The average molecular weight is 392 g/mol. The van der Waals surface area contributed by atoms with Gasteiger partial charge in [-0.2, -0.15) is 13.2 Å². The minimum Gasteiger partial charge on any atom is -0.490 e. The van der Waals surface area contributed by atoms with Gasteiger partial charge < -0.3 is 15.0 Å². The van der Waals surface area contributed by atoms with Gasteiger partial charge in [0.1, 0.15) is 12.4 Å². The zero-order chi connectivity index (χ0) is 20.7. The van der Waals surface area contributed by atoms with Gasteiger partial charge in [-0.05, 0) is 50.2 Å². The van der Waals surface area contributed by atoms with Gasteiger partial charge in [0.25, 0.3) is 5.91 Å².